The quantitative estimate of drug-likeness (QED) is 0.635. The number of fused-ring (bicyclic) bond motifs is 1. The SMILES string of the molecule is CCCNC(=O)/C=C(\C)c1cc2c(-c3ccccc3)coc2cc1OC. The maximum absolute atomic E-state index is 12.0. The maximum atomic E-state index is 12.0. The van der Waals surface area contributed by atoms with Gasteiger partial charge in [-0.05, 0) is 30.5 Å². The van der Waals surface area contributed by atoms with Crippen LogP contribution >= 0.6 is 0 Å². The van der Waals surface area contributed by atoms with E-state index in [1.54, 1.807) is 19.4 Å². The Kier molecular flexibility index (Phi) is 5.42. The Bertz CT molecular complexity index is 939. The first kappa shape index (κ1) is 17.8. The van der Waals surface area contributed by atoms with Crippen LogP contribution in [0.4, 0.5) is 0 Å². The summed E-state index contributed by atoms with van der Waals surface area (Å²) in [6, 6.07) is 14.0. The van der Waals surface area contributed by atoms with Crippen molar-refractivity contribution in [1.82, 2.24) is 5.32 Å². The highest BCUT2D eigenvalue weighted by atomic mass is 16.5. The number of carbonyl (C=O) groups excluding carboxylic acids is 1. The molecule has 3 aromatic rings. The molecule has 0 saturated heterocycles. The van der Waals surface area contributed by atoms with E-state index in [9.17, 15) is 4.79 Å². The van der Waals surface area contributed by atoms with Crippen LogP contribution in [-0.4, -0.2) is 19.6 Å². The van der Waals surface area contributed by atoms with Gasteiger partial charge < -0.3 is 14.5 Å². The summed E-state index contributed by atoms with van der Waals surface area (Å²) in [4.78, 5) is 12.0. The molecule has 134 valence electrons. The number of allylic oxidation sites excluding steroid dienone is 1. The van der Waals surface area contributed by atoms with Crippen LogP contribution in [0.2, 0.25) is 0 Å². The molecule has 3 rings (SSSR count). The van der Waals surface area contributed by atoms with E-state index in [2.05, 4.69) is 17.4 Å². The number of nitrogens with one attached hydrogen (secondary N) is 1. The summed E-state index contributed by atoms with van der Waals surface area (Å²) in [5, 5.41) is 3.86. The average Bonchev–Trinajstić information content (AvgIpc) is 3.08. The molecule has 4 nitrogen and oxygen atoms in total. The Hall–Kier alpha value is -3.01. The van der Waals surface area contributed by atoms with E-state index in [4.69, 9.17) is 9.15 Å². The maximum Gasteiger partial charge on any atom is 0.244 e. The molecule has 0 bridgehead atoms. The number of hydrogen-bond donors (Lipinski definition) is 1. The fraction of sp³-hybridized carbons (Fsp3) is 0.227. The molecule has 0 fully saturated rings. The van der Waals surface area contributed by atoms with Gasteiger partial charge in [0.2, 0.25) is 5.91 Å². The van der Waals surface area contributed by atoms with Crippen LogP contribution in [0.15, 0.2) is 59.2 Å². The molecule has 0 saturated carbocycles. The van der Waals surface area contributed by atoms with Crippen LogP contribution in [0.3, 0.4) is 0 Å². The summed E-state index contributed by atoms with van der Waals surface area (Å²) in [5.74, 6) is 0.588. The Morgan fingerprint density at radius 1 is 1.23 bits per heavy atom. The first-order valence-electron chi connectivity index (χ1n) is 8.75. The number of hydrogen-bond acceptors (Lipinski definition) is 3. The van der Waals surface area contributed by atoms with Crippen LogP contribution in [0.1, 0.15) is 25.8 Å². The Morgan fingerprint density at radius 2 is 2.00 bits per heavy atom. The molecule has 0 aliphatic rings. The van der Waals surface area contributed by atoms with Gasteiger partial charge in [-0.25, -0.2) is 0 Å². The second-order valence-corrected chi connectivity index (χ2v) is 6.18. The summed E-state index contributed by atoms with van der Waals surface area (Å²) in [6.45, 7) is 4.61. The van der Waals surface area contributed by atoms with Crippen molar-refractivity contribution in [2.75, 3.05) is 13.7 Å². The zero-order valence-electron chi connectivity index (χ0n) is 15.3. The van der Waals surface area contributed by atoms with E-state index in [1.807, 2.05) is 44.2 Å². The minimum Gasteiger partial charge on any atom is -0.496 e. The van der Waals surface area contributed by atoms with Gasteiger partial charge in [0.1, 0.15) is 11.3 Å². The van der Waals surface area contributed by atoms with Gasteiger partial charge in [0, 0.05) is 35.2 Å². The fourth-order valence-electron chi connectivity index (χ4n) is 2.95. The minimum atomic E-state index is -0.0954. The molecule has 26 heavy (non-hydrogen) atoms. The van der Waals surface area contributed by atoms with Crippen molar-refractivity contribution in [3.8, 4) is 16.9 Å². The third-order valence-electron chi connectivity index (χ3n) is 4.30. The number of carbonyl (C=O) groups is 1. The lowest BCUT2D eigenvalue weighted by Gasteiger charge is -2.10. The monoisotopic (exact) mass is 349 g/mol. The van der Waals surface area contributed by atoms with E-state index in [0.29, 0.717) is 12.3 Å². The van der Waals surface area contributed by atoms with E-state index >= 15 is 0 Å². The highest BCUT2D eigenvalue weighted by Gasteiger charge is 2.14. The summed E-state index contributed by atoms with van der Waals surface area (Å²) in [6.07, 6.45) is 4.28. The van der Waals surface area contributed by atoms with Gasteiger partial charge in [0.25, 0.3) is 0 Å². The Balaban J connectivity index is 2.07. The molecule has 0 aliphatic heterocycles. The van der Waals surface area contributed by atoms with Crippen molar-refractivity contribution in [1.29, 1.82) is 0 Å². The van der Waals surface area contributed by atoms with Crippen molar-refractivity contribution in [3.05, 3.63) is 60.4 Å². The molecule has 2 aromatic carbocycles. The van der Waals surface area contributed by atoms with Gasteiger partial charge >= 0.3 is 0 Å². The summed E-state index contributed by atoms with van der Waals surface area (Å²) < 4.78 is 11.3. The topological polar surface area (TPSA) is 51.5 Å². The molecule has 1 heterocycles. The average molecular weight is 349 g/mol. The standard InChI is InChI=1S/C22H23NO3/c1-4-10-23-22(24)11-15(2)17-12-18-19(16-8-6-5-7-9-16)14-26-21(18)13-20(17)25-3/h5-9,11-14H,4,10H2,1-3H3,(H,23,24)/b15-11+. The third-order valence-corrected chi connectivity index (χ3v) is 4.30. The lowest BCUT2D eigenvalue weighted by Crippen LogP contribution is -2.21. The molecule has 1 aromatic heterocycles. The largest absolute Gasteiger partial charge is 0.496 e. The second kappa shape index (κ2) is 7.91. The zero-order chi connectivity index (χ0) is 18.5. The van der Waals surface area contributed by atoms with Crippen molar-refractivity contribution in [2.24, 2.45) is 0 Å². The van der Waals surface area contributed by atoms with E-state index < -0.39 is 0 Å². The third kappa shape index (κ3) is 3.64. The molecule has 1 amide bonds. The number of methoxy groups -OCH3 is 1. The molecule has 0 atom stereocenters. The van der Waals surface area contributed by atoms with Crippen molar-refractivity contribution >= 4 is 22.4 Å². The fourth-order valence-corrected chi connectivity index (χ4v) is 2.95. The van der Waals surface area contributed by atoms with Gasteiger partial charge in [-0.1, -0.05) is 37.3 Å². The van der Waals surface area contributed by atoms with Gasteiger partial charge in [-0.15, -0.1) is 0 Å². The van der Waals surface area contributed by atoms with Crippen molar-refractivity contribution < 1.29 is 13.9 Å². The highest BCUT2D eigenvalue weighted by Crippen LogP contribution is 2.37. The number of furan rings is 1. The normalized spacial score (nSPS) is 11.6. The second-order valence-electron chi connectivity index (χ2n) is 6.18. The predicted molar refractivity (Wildman–Crippen MR) is 105 cm³/mol. The molecule has 0 spiro atoms. The number of benzene rings is 2. The van der Waals surface area contributed by atoms with Crippen LogP contribution in [0.25, 0.3) is 27.7 Å². The van der Waals surface area contributed by atoms with Gasteiger partial charge in [-0.2, -0.15) is 0 Å². The van der Waals surface area contributed by atoms with Crippen molar-refractivity contribution in [3.63, 3.8) is 0 Å². The molecule has 1 N–H and O–H groups in total. The molecule has 0 aliphatic carbocycles. The molecule has 4 heteroatoms. The highest BCUT2D eigenvalue weighted by molar-refractivity contribution is 6.00. The van der Waals surface area contributed by atoms with Gasteiger partial charge in [0.05, 0.1) is 13.4 Å². The zero-order valence-corrected chi connectivity index (χ0v) is 15.3. The van der Waals surface area contributed by atoms with E-state index in [1.165, 1.54) is 0 Å². The van der Waals surface area contributed by atoms with Gasteiger partial charge in [-0.3, -0.25) is 4.79 Å². The molecule has 0 unspecified atom stereocenters. The van der Waals surface area contributed by atoms with Crippen LogP contribution in [-0.2, 0) is 4.79 Å². The molecular weight excluding hydrogens is 326 g/mol. The van der Waals surface area contributed by atoms with Crippen LogP contribution in [0.5, 0.6) is 5.75 Å². The smallest absolute Gasteiger partial charge is 0.244 e. The predicted octanol–water partition coefficient (Wildman–Crippen LogP) is 5.04. The van der Waals surface area contributed by atoms with E-state index in [-0.39, 0.29) is 5.91 Å². The number of ether oxygens (including phenoxy) is 1. The summed E-state index contributed by atoms with van der Waals surface area (Å²) in [7, 11) is 1.62. The first-order valence-corrected chi connectivity index (χ1v) is 8.75. The Labute approximate surface area is 153 Å². The van der Waals surface area contributed by atoms with Crippen molar-refractivity contribution in [2.45, 2.75) is 20.3 Å². The Morgan fingerprint density at radius 3 is 2.69 bits per heavy atom. The van der Waals surface area contributed by atoms with Crippen LogP contribution in [0, 0.1) is 0 Å². The summed E-state index contributed by atoms with van der Waals surface area (Å²) >= 11 is 0. The van der Waals surface area contributed by atoms with E-state index in [0.717, 1.165) is 39.7 Å². The molecular formula is C22H23NO3. The lowest BCUT2D eigenvalue weighted by atomic mass is 9.99. The lowest BCUT2D eigenvalue weighted by molar-refractivity contribution is -0.116. The first-order chi connectivity index (χ1) is 12.6. The number of rotatable bonds is 6. The van der Waals surface area contributed by atoms with Gasteiger partial charge in [0.15, 0.2) is 0 Å². The number of amides is 1. The molecule has 0 radical (unpaired) electrons. The van der Waals surface area contributed by atoms with Crippen LogP contribution < -0.4 is 10.1 Å². The minimum absolute atomic E-state index is 0.0954. The summed E-state index contributed by atoms with van der Waals surface area (Å²) in [5.41, 5.74) is 4.59.